The number of carbonyl (C=O) groups is 1. The van der Waals surface area contributed by atoms with Crippen LogP contribution in [0.1, 0.15) is 30.1 Å². The van der Waals surface area contributed by atoms with E-state index < -0.39 is 0 Å². The van der Waals surface area contributed by atoms with Gasteiger partial charge in [0.15, 0.2) is 0 Å². The topological polar surface area (TPSA) is 41.6 Å². The molecule has 0 saturated heterocycles. The summed E-state index contributed by atoms with van der Waals surface area (Å²) in [6.07, 6.45) is 2.38. The molecule has 1 amide bonds. The molecule has 0 aromatic heterocycles. The lowest BCUT2D eigenvalue weighted by Crippen LogP contribution is -2.48. The molecule has 3 rings (SSSR count). The number of nitrogens with zero attached hydrogens (tertiary/aromatic N) is 1. The van der Waals surface area contributed by atoms with Crippen molar-refractivity contribution in [3.63, 3.8) is 0 Å². The van der Waals surface area contributed by atoms with Crippen LogP contribution in [0.25, 0.3) is 0 Å². The van der Waals surface area contributed by atoms with E-state index in [1.165, 1.54) is 12.8 Å². The molecule has 1 atom stereocenters. The summed E-state index contributed by atoms with van der Waals surface area (Å²) >= 11 is 6.15. The van der Waals surface area contributed by atoms with Gasteiger partial charge in [0.2, 0.25) is 0 Å². The molecule has 1 saturated carbocycles. The third-order valence-corrected chi connectivity index (χ3v) is 4.73. The Labute approximate surface area is 147 Å². The number of anilines is 1. The Bertz CT molecular complexity index is 714. The van der Waals surface area contributed by atoms with Crippen molar-refractivity contribution >= 4 is 23.2 Å². The summed E-state index contributed by atoms with van der Waals surface area (Å²) in [5, 5.41) is 2.38. The van der Waals surface area contributed by atoms with E-state index in [9.17, 15) is 4.79 Å². The van der Waals surface area contributed by atoms with Gasteiger partial charge in [0, 0.05) is 0 Å². The fourth-order valence-electron chi connectivity index (χ4n) is 2.75. The second kappa shape index (κ2) is 7.14. The zero-order chi connectivity index (χ0) is 17.1. The highest BCUT2D eigenvalue weighted by Gasteiger charge is 2.33. The minimum Gasteiger partial charge on any atom is -0.497 e. The van der Waals surface area contributed by atoms with Crippen LogP contribution >= 0.6 is 11.6 Å². The van der Waals surface area contributed by atoms with Crippen molar-refractivity contribution in [2.75, 3.05) is 12.1 Å². The molecule has 24 heavy (non-hydrogen) atoms. The normalized spacial score (nSPS) is 14.8. The lowest BCUT2D eigenvalue weighted by molar-refractivity contribution is 0.0944. The zero-order valence-electron chi connectivity index (χ0n) is 13.8. The Morgan fingerprint density at radius 1 is 1.21 bits per heavy atom. The molecule has 0 heterocycles. The van der Waals surface area contributed by atoms with Crippen LogP contribution in [0.5, 0.6) is 5.75 Å². The first-order valence-corrected chi connectivity index (χ1v) is 8.46. The SMILES string of the molecule is COc1ccc(N(NC(=O)c2ccccc2Cl)C(C)C2CC2)cc1. The molecule has 5 heteroatoms. The third-order valence-electron chi connectivity index (χ3n) is 4.40. The van der Waals surface area contributed by atoms with E-state index in [1.54, 1.807) is 19.2 Å². The van der Waals surface area contributed by atoms with Gasteiger partial charge in [-0.2, -0.15) is 0 Å². The first-order chi connectivity index (χ1) is 11.6. The minimum absolute atomic E-state index is 0.205. The number of methoxy groups -OCH3 is 1. The van der Waals surface area contributed by atoms with Crippen LogP contribution in [0, 0.1) is 5.92 Å². The van der Waals surface area contributed by atoms with Gasteiger partial charge in [0.05, 0.1) is 29.4 Å². The van der Waals surface area contributed by atoms with E-state index in [2.05, 4.69) is 12.3 Å². The van der Waals surface area contributed by atoms with Gasteiger partial charge in [-0.1, -0.05) is 23.7 Å². The molecule has 0 bridgehead atoms. The Hall–Kier alpha value is -2.20. The number of ether oxygens (including phenoxy) is 1. The van der Waals surface area contributed by atoms with E-state index in [1.807, 2.05) is 41.4 Å². The number of hydrogen-bond acceptors (Lipinski definition) is 3. The standard InChI is InChI=1S/C19H21ClN2O2/c1-13(14-7-8-14)22(15-9-11-16(24-2)12-10-15)21-19(23)17-5-3-4-6-18(17)20/h3-6,9-14H,7-8H2,1-2H3,(H,21,23). The maximum atomic E-state index is 12.7. The smallest absolute Gasteiger partial charge is 0.271 e. The van der Waals surface area contributed by atoms with Crippen molar-refractivity contribution < 1.29 is 9.53 Å². The Morgan fingerprint density at radius 2 is 1.88 bits per heavy atom. The predicted octanol–water partition coefficient (Wildman–Crippen LogP) is 4.30. The lowest BCUT2D eigenvalue weighted by atomic mass is 10.1. The van der Waals surface area contributed by atoms with Crippen LogP contribution < -0.4 is 15.2 Å². The van der Waals surface area contributed by atoms with E-state index in [-0.39, 0.29) is 11.9 Å². The van der Waals surface area contributed by atoms with E-state index >= 15 is 0 Å². The summed E-state index contributed by atoms with van der Waals surface area (Å²) < 4.78 is 5.21. The highest BCUT2D eigenvalue weighted by Crippen LogP contribution is 2.36. The number of hydrogen-bond donors (Lipinski definition) is 1. The number of hydrazine groups is 1. The van der Waals surface area contributed by atoms with Crippen LogP contribution in [0.4, 0.5) is 5.69 Å². The maximum Gasteiger partial charge on any atom is 0.271 e. The van der Waals surface area contributed by atoms with Crippen molar-refractivity contribution in [1.82, 2.24) is 5.43 Å². The van der Waals surface area contributed by atoms with Crippen molar-refractivity contribution in [3.8, 4) is 5.75 Å². The summed E-state index contributed by atoms with van der Waals surface area (Å²) in [5.74, 6) is 1.18. The quantitative estimate of drug-likeness (QED) is 0.794. The van der Waals surface area contributed by atoms with Gasteiger partial charge in [-0.15, -0.1) is 0 Å². The highest BCUT2D eigenvalue weighted by atomic mass is 35.5. The molecule has 126 valence electrons. The molecule has 1 fully saturated rings. The van der Waals surface area contributed by atoms with Crippen LogP contribution in [0.3, 0.4) is 0 Å². The summed E-state index contributed by atoms with van der Waals surface area (Å²) in [6.45, 7) is 2.13. The van der Waals surface area contributed by atoms with E-state index in [4.69, 9.17) is 16.3 Å². The molecular weight excluding hydrogens is 324 g/mol. The number of carbonyl (C=O) groups excluding carboxylic acids is 1. The predicted molar refractivity (Wildman–Crippen MR) is 96.6 cm³/mol. The Balaban J connectivity index is 1.84. The van der Waals surface area contributed by atoms with Gasteiger partial charge in [0.1, 0.15) is 5.75 Å². The van der Waals surface area contributed by atoms with Gasteiger partial charge in [-0.25, -0.2) is 0 Å². The summed E-state index contributed by atoms with van der Waals surface area (Å²) in [6, 6.07) is 15.0. The van der Waals surface area contributed by atoms with Crippen molar-refractivity contribution in [2.45, 2.75) is 25.8 Å². The van der Waals surface area contributed by atoms with E-state index in [0.29, 0.717) is 16.5 Å². The number of benzene rings is 2. The van der Waals surface area contributed by atoms with Crippen LogP contribution in [0.2, 0.25) is 5.02 Å². The molecule has 1 unspecified atom stereocenters. The van der Waals surface area contributed by atoms with E-state index in [0.717, 1.165) is 11.4 Å². The minimum atomic E-state index is -0.205. The van der Waals surface area contributed by atoms with Gasteiger partial charge in [-0.05, 0) is 62.1 Å². The van der Waals surface area contributed by atoms with Crippen LogP contribution in [-0.4, -0.2) is 19.1 Å². The Morgan fingerprint density at radius 3 is 2.46 bits per heavy atom. The molecule has 1 aliphatic carbocycles. The lowest BCUT2D eigenvalue weighted by Gasteiger charge is -2.32. The average molecular weight is 345 g/mol. The largest absolute Gasteiger partial charge is 0.497 e. The number of rotatable bonds is 6. The summed E-state index contributed by atoms with van der Waals surface area (Å²) in [7, 11) is 1.64. The maximum absolute atomic E-state index is 12.7. The number of halogens is 1. The first kappa shape index (κ1) is 16.7. The molecule has 1 N–H and O–H groups in total. The van der Waals surface area contributed by atoms with Crippen LogP contribution in [0.15, 0.2) is 48.5 Å². The molecule has 1 aliphatic rings. The molecule has 0 aliphatic heterocycles. The van der Waals surface area contributed by atoms with Gasteiger partial charge in [-0.3, -0.25) is 15.2 Å². The molecule has 0 spiro atoms. The molecule has 0 radical (unpaired) electrons. The summed E-state index contributed by atoms with van der Waals surface area (Å²) in [4.78, 5) is 12.7. The second-order valence-electron chi connectivity index (χ2n) is 6.07. The van der Waals surface area contributed by atoms with Crippen molar-refractivity contribution in [3.05, 3.63) is 59.1 Å². The highest BCUT2D eigenvalue weighted by molar-refractivity contribution is 6.33. The van der Waals surface area contributed by atoms with Gasteiger partial charge in [0.25, 0.3) is 5.91 Å². The molecule has 2 aromatic rings. The molecule has 2 aromatic carbocycles. The number of nitrogens with one attached hydrogen (secondary N) is 1. The monoisotopic (exact) mass is 344 g/mol. The Kier molecular flexibility index (Phi) is 4.95. The van der Waals surface area contributed by atoms with Crippen molar-refractivity contribution in [1.29, 1.82) is 0 Å². The zero-order valence-corrected chi connectivity index (χ0v) is 14.6. The second-order valence-corrected chi connectivity index (χ2v) is 6.47. The first-order valence-electron chi connectivity index (χ1n) is 8.09. The molecular formula is C19H21ClN2O2. The van der Waals surface area contributed by atoms with Gasteiger partial charge >= 0.3 is 0 Å². The fraction of sp³-hybridized carbons (Fsp3) is 0.316. The average Bonchev–Trinajstić information content (AvgIpc) is 3.44. The number of amides is 1. The molecule has 4 nitrogen and oxygen atoms in total. The van der Waals surface area contributed by atoms with Gasteiger partial charge < -0.3 is 4.74 Å². The summed E-state index contributed by atoms with van der Waals surface area (Å²) in [5.41, 5.74) is 4.42. The van der Waals surface area contributed by atoms with Crippen molar-refractivity contribution in [2.24, 2.45) is 5.92 Å². The van der Waals surface area contributed by atoms with Crippen LogP contribution in [-0.2, 0) is 0 Å². The fourth-order valence-corrected chi connectivity index (χ4v) is 2.97. The third kappa shape index (κ3) is 3.65.